The maximum atomic E-state index is 12.4. The molecule has 1 aliphatic carbocycles. The summed E-state index contributed by atoms with van der Waals surface area (Å²) in [4.78, 5) is 23.8. The van der Waals surface area contributed by atoms with Gasteiger partial charge in [-0.3, -0.25) is 9.59 Å². The van der Waals surface area contributed by atoms with Crippen LogP contribution in [0.15, 0.2) is 65.9 Å². The first kappa shape index (κ1) is 21.9. The van der Waals surface area contributed by atoms with Gasteiger partial charge in [0, 0.05) is 41.1 Å². The first-order chi connectivity index (χ1) is 13.9. The van der Waals surface area contributed by atoms with E-state index >= 15 is 0 Å². The highest BCUT2D eigenvalue weighted by Crippen LogP contribution is 2.18. The summed E-state index contributed by atoms with van der Waals surface area (Å²) in [6.07, 6.45) is 15.1. The number of nitrogen functional groups attached to an aromatic ring is 1. The highest BCUT2D eigenvalue weighted by atomic mass is 16.1. The van der Waals surface area contributed by atoms with Gasteiger partial charge in [-0.1, -0.05) is 36.0 Å². The summed E-state index contributed by atoms with van der Waals surface area (Å²) in [6, 6.07) is 4.62. The molecule has 2 amide bonds. The minimum Gasteiger partial charge on any atom is -0.398 e. The largest absolute Gasteiger partial charge is 0.398 e. The maximum absolute atomic E-state index is 12.4. The van der Waals surface area contributed by atoms with E-state index in [1.165, 1.54) is 12.1 Å². The zero-order chi connectivity index (χ0) is 21.2. The van der Waals surface area contributed by atoms with Gasteiger partial charge in [0.2, 0.25) is 11.8 Å². The third kappa shape index (κ3) is 6.92. The normalized spacial score (nSPS) is 14.4. The minimum absolute atomic E-state index is 0.0794. The number of amides is 2. The summed E-state index contributed by atoms with van der Waals surface area (Å²) < 4.78 is 0. The van der Waals surface area contributed by atoms with Gasteiger partial charge in [0.05, 0.1) is 0 Å². The molecular weight excluding hydrogens is 364 g/mol. The van der Waals surface area contributed by atoms with E-state index in [4.69, 9.17) is 16.9 Å². The number of hydrogen-bond acceptors (Lipinski definition) is 4. The van der Waals surface area contributed by atoms with Crippen LogP contribution in [0.5, 0.6) is 0 Å². The Labute approximate surface area is 171 Å². The number of primary amides is 1. The lowest BCUT2D eigenvalue weighted by Crippen LogP contribution is -2.22. The van der Waals surface area contributed by atoms with Gasteiger partial charge in [-0.15, -0.1) is 0 Å². The molecule has 2 rings (SSSR count). The molecule has 1 aliphatic rings. The number of nitrogens with two attached hydrogens (primary N) is 2. The Morgan fingerprint density at radius 2 is 2.07 bits per heavy atom. The summed E-state index contributed by atoms with van der Waals surface area (Å²) in [5.74, 6) is -0.649. The van der Waals surface area contributed by atoms with Crippen LogP contribution in [0.25, 0.3) is 0 Å². The number of allylic oxidation sites excluding steroid dienone is 6. The first-order valence-electron chi connectivity index (χ1n) is 9.63. The number of rotatable bonds is 8. The maximum Gasteiger partial charge on any atom is 0.248 e. The van der Waals surface area contributed by atoms with Crippen LogP contribution >= 0.6 is 0 Å². The number of anilines is 1. The van der Waals surface area contributed by atoms with E-state index in [1.54, 1.807) is 18.2 Å². The van der Waals surface area contributed by atoms with Gasteiger partial charge in [0.25, 0.3) is 0 Å². The van der Waals surface area contributed by atoms with Crippen LogP contribution in [0.1, 0.15) is 54.9 Å². The molecule has 6 nitrogen and oxygen atoms in total. The Morgan fingerprint density at radius 3 is 2.79 bits per heavy atom. The van der Waals surface area contributed by atoms with Crippen molar-refractivity contribution in [3.05, 3.63) is 77.1 Å². The molecule has 0 saturated heterocycles. The Bertz CT molecular complexity index is 907. The van der Waals surface area contributed by atoms with E-state index in [1.807, 2.05) is 13.0 Å². The van der Waals surface area contributed by atoms with E-state index in [0.717, 1.165) is 24.8 Å². The fourth-order valence-electron chi connectivity index (χ4n) is 3.02. The summed E-state index contributed by atoms with van der Waals surface area (Å²) >= 11 is 0. The number of carbonyl (C=O) groups excluding carboxylic acids is 2. The lowest BCUT2D eigenvalue weighted by molar-refractivity contribution is -0.119. The molecule has 1 aromatic rings. The van der Waals surface area contributed by atoms with E-state index in [9.17, 15) is 9.59 Å². The van der Waals surface area contributed by atoms with Crippen molar-refractivity contribution in [1.82, 2.24) is 5.32 Å². The molecule has 0 spiro atoms. The van der Waals surface area contributed by atoms with Crippen LogP contribution in [-0.2, 0) is 4.79 Å². The van der Waals surface area contributed by atoms with Crippen LogP contribution in [0.4, 0.5) is 5.69 Å². The number of nitrogens with one attached hydrogen (secondary N) is 2. The van der Waals surface area contributed by atoms with Crippen LogP contribution < -0.4 is 16.8 Å². The van der Waals surface area contributed by atoms with E-state index in [2.05, 4.69) is 23.5 Å². The fraction of sp³-hybridized carbons (Fsp3) is 0.261. The van der Waals surface area contributed by atoms with Crippen molar-refractivity contribution < 1.29 is 9.59 Å². The van der Waals surface area contributed by atoms with Gasteiger partial charge < -0.3 is 22.2 Å². The van der Waals surface area contributed by atoms with Crippen molar-refractivity contribution in [3.8, 4) is 0 Å². The smallest absolute Gasteiger partial charge is 0.248 e. The lowest BCUT2D eigenvalue weighted by Gasteiger charge is -2.10. The molecule has 0 bridgehead atoms. The average Bonchev–Trinajstić information content (AvgIpc) is 2.94. The zero-order valence-corrected chi connectivity index (χ0v) is 16.7. The first-order valence-corrected chi connectivity index (χ1v) is 9.63. The number of hydrogen-bond donors (Lipinski definition) is 4. The van der Waals surface area contributed by atoms with Crippen LogP contribution in [0.2, 0.25) is 0 Å². The lowest BCUT2D eigenvalue weighted by atomic mass is 10.0. The predicted molar refractivity (Wildman–Crippen MR) is 118 cm³/mol. The molecule has 0 fully saturated rings. The second-order valence-corrected chi connectivity index (χ2v) is 6.84. The summed E-state index contributed by atoms with van der Waals surface area (Å²) in [6.45, 7) is 1.86. The van der Waals surface area contributed by atoms with Gasteiger partial charge in [0.15, 0.2) is 0 Å². The highest BCUT2D eigenvalue weighted by Gasteiger charge is 2.11. The molecule has 152 valence electrons. The SMILES string of the molecule is C/C=C\C(=C/CC(=N)c1cc(C(N)=O)ccc1N)NC(=O)CC1=CCC=CCC1. The van der Waals surface area contributed by atoms with E-state index in [-0.39, 0.29) is 18.0 Å². The fourth-order valence-corrected chi connectivity index (χ4v) is 3.02. The van der Waals surface area contributed by atoms with Gasteiger partial charge in [-0.05, 0) is 50.5 Å². The Morgan fingerprint density at radius 1 is 1.28 bits per heavy atom. The Hall–Kier alpha value is -3.41. The number of carbonyl (C=O) groups is 2. The zero-order valence-electron chi connectivity index (χ0n) is 16.7. The molecule has 0 unspecified atom stereocenters. The molecule has 0 aromatic heterocycles. The monoisotopic (exact) mass is 392 g/mol. The molecule has 29 heavy (non-hydrogen) atoms. The molecule has 0 heterocycles. The van der Waals surface area contributed by atoms with Crippen molar-refractivity contribution in [2.75, 3.05) is 5.73 Å². The van der Waals surface area contributed by atoms with Crippen LogP contribution in [0, 0.1) is 5.41 Å². The van der Waals surface area contributed by atoms with Crippen molar-refractivity contribution in [3.63, 3.8) is 0 Å². The minimum atomic E-state index is -0.570. The summed E-state index contributed by atoms with van der Waals surface area (Å²) in [5.41, 5.74) is 14.4. The van der Waals surface area contributed by atoms with Crippen molar-refractivity contribution in [2.24, 2.45) is 5.73 Å². The standard InChI is InChI=1S/C23H28N4O2/c1-2-7-18(27-22(28)14-16-8-5-3-4-6-9-16)11-13-21(25)19-15-17(23(26)29)10-12-20(19)24/h2-4,7-8,10-12,15,25H,5-6,9,13-14,24H2,1H3,(H2,26,29)(H,27,28)/b7-2-,18-11+,25-21?. The van der Waals surface area contributed by atoms with E-state index in [0.29, 0.717) is 28.9 Å². The molecular formula is C23H28N4O2. The second kappa shape index (κ2) is 10.8. The van der Waals surface area contributed by atoms with Crippen molar-refractivity contribution >= 4 is 23.2 Å². The van der Waals surface area contributed by atoms with Crippen LogP contribution in [-0.4, -0.2) is 17.5 Å². The molecule has 6 heteroatoms. The topological polar surface area (TPSA) is 122 Å². The average molecular weight is 393 g/mol. The molecule has 0 atom stereocenters. The van der Waals surface area contributed by atoms with Crippen molar-refractivity contribution in [1.29, 1.82) is 5.41 Å². The highest BCUT2D eigenvalue weighted by molar-refractivity contribution is 6.05. The van der Waals surface area contributed by atoms with E-state index < -0.39 is 5.91 Å². The third-order valence-electron chi connectivity index (χ3n) is 4.55. The molecule has 1 aromatic carbocycles. The second-order valence-electron chi connectivity index (χ2n) is 6.84. The van der Waals surface area contributed by atoms with Gasteiger partial charge >= 0.3 is 0 Å². The Kier molecular flexibility index (Phi) is 8.15. The molecule has 6 N–H and O–H groups in total. The predicted octanol–water partition coefficient (Wildman–Crippen LogP) is 3.76. The molecule has 0 aliphatic heterocycles. The van der Waals surface area contributed by atoms with Crippen LogP contribution in [0.3, 0.4) is 0 Å². The Balaban J connectivity index is 2.05. The van der Waals surface area contributed by atoms with Crippen molar-refractivity contribution in [2.45, 2.75) is 39.0 Å². The molecule has 0 radical (unpaired) electrons. The van der Waals surface area contributed by atoms with Gasteiger partial charge in [-0.25, -0.2) is 0 Å². The van der Waals surface area contributed by atoms with Gasteiger partial charge in [0.1, 0.15) is 0 Å². The number of benzene rings is 1. The molecule has 0 saturated carbocycles. The quantitative estimate of drug-likeness (QED) is 0.233. The van der Waals surface area contributed by atoms with Gasteiger partial charge in [-0.2, -0.15) is 0 Å². The third-order valence-corrected chi connectivity index (χ3v) is 4.55. The summed E-state index contributed by atoms with van der Waals surface area (Å²) in [5, 5.41) is 11.2. The summed E-state index contributed by atoms with van der Waals surface area (Å²) in [7, 11) is 0.